The largest absolute Gasteiger partial charge is 0.472 e. The standard InChI is InChI=1S/C11H13ClN2O3/c1-16-5-3-14-10(9(12)6-13-14)11(15)8-2-4-17-7-8/h2,4,6-7,11,15H,3,5H2,1H3. The van der Waals surface area contributed by atoms with E-state index < -0.39 is 6.10 Å². The van der Waals surface area contributed by atoms with E-state index >= 15 is 0 Å². The maximum Gasteiger partial charge on any atom is 0.125 e. The number of methoxy groups -OCH3 is 1. The van der Waals surface area contributed by atoms with Gasteiger partial charge in [0.25, 0.3) is 0 Å². The second-order valence-electron chi connectivity index (χ2n) is 3.55. The summed E-state index contributed by atoms with van der Waals surface area (Å²) >= 11 is 6.02. The monoisotopic (exact) mass is 256 g/mol. The van der Waals surface area contributed by atoms with Crippen molar-refractivity contribution in [3.05, 3.63) is 41.1 Å². The predicted molar refractivity (Wildman–Crippen MR) is 61.9 cm³/mol. The highest BCUT2D eigenvalue weighted by atomic mass is 35.5. The minimum Gasteiger partial charge on any atom is -0.472 e. The van der Waals surface area contributed by atoms with Crippen LogP contribution >= 0.6 is 11.6 Å². The molecule has 0 saturated carbocycles. The molecule has 92 valence electrons. The number of halogens is 1. The molecule has 0 aliphatic carbocycles. The van der Waals surface area contributed by atoms with Crippen molar-refractivity contribution in [3.63, 3.8) is 0 Å². The smallest absolute Gasteiger partial charge is 0.125 e. The fourth-order valence-electron chi connectivity index (χ4n) is 1.59. The lowest BCUT2D eigenvalue weighted by Gasteiger charge is -2.12. The van der Waals surface area contributed by atoms with E-state index in [2.05, 4.69) is 5.10 Å². The maximum absolute atomic E-state index is 10.2. The van der Waals surface area contributed by atoms with Crippen LogP contribution in [0.15, 0.2) is 29.2 Å². The molecule has 1 atom stereocenters. The summed E-state index contributed by atoms with van der Waals surface area (Å²) in [6.45, 7) is 1.04. The molecule has 0 amide bonds. The van der Waals surface area contributed by atoms with E-state index in [0.29, 0.717) is 29.4 Å². The van der Waals surface area contributed by atoms with E-state index in [9.17, 15) is 5.11 Å². The Kier molecular flexibility index (Phi) is 3.83. The summed E-state index contributed by atoms with van der Waals surface area (Å²) in [6.07, 6.45) is 3.65. The zero-order chi connectivity index (χ0) is 12.3. The van der Waals surface area contributed by atoms with Gasteiger partial charge in [-0.05, 0) is 6.07 Å². The molecule has 2 heterocycles. The minimum absolute atomic E-state index is 0.426. The van der Waals surface area contributed by atoms with E-state index in [1.807, 2.05) is 0 Å². The van der Waals surface area contributed by atoms with Crippen LogP contribution in [0.3, 0.4) is 0 Å². The van der Waals surface area contributed by atoms with Crippen molar-refractivity contribution in [2.24, 2.45) is 0 Å². The third-order valence-electron chi connectivity index (χ3n) is 2.46. The summed E-state index contributed by atoms with van der Waals surface area (Å²) in [5.41, 5.74) is 1.19. The fourth-order valence-corrected chi connectivity index (χ4v) is 1.83. The highest BCUT2D eigenvalue weighted by molar-refractivity contribution is 6.31. The Morgan fingerprint density at radius 3 is 3.12 bits per heavy atom. The summed E-state index contributed by atoms with van der Waals surface area (Å²) in [5.74, 6) is 0. The van der Waals surface area contributed by atoms with E-state index in [1.54, 1.807) is 17.9 Å². The Balaban J connectivity index is 2.27. The van der Waals surface area contributed by atoms with Crippen LogP contribution in [-0.2, 0) is 11.3 Å². The maximum atomic E-state index is 10.2. The second-order valence-corrected chi connectivity index (χ2v) is 3.96. The van der Waals surface area contributed by atoms with Gasteiger partial charge in [0.05, 0.1) is 42.6 Å². The molecule has 17 heavy (non-hydrogen) atoms. The van der Waals surface area contributed by atoms with Gasteiger partial charge in [-0.25, -0.2) is 0 Å². The zero-order valence-corrected chi connectivity index (χ0v) is 10.1. The Morgan fingerprint density at radius 1 is 1.65 bits per heavy atom. The van der Waals surface area contributed by atoms with E-state index in [4.69, 9.17) is 20.8 Å². The first-order chi connectivity index (χ1) is 8.24. The lowest BCUT2D eigenvalue weighted by Crippen LogP contribution is -2.13. The first-order valence-electron chi connectivity index (χ1n) is 5.14. The molecule has 5 nitrogen and oxygen atoms in total. The van der Waals surface area contributed by atoms with Gasteiger partial charge in [0.2, 0.25) is 0 Å². The number of aromatic nitrogens is 2. The van der Waals surface area contributed by atoms with Crippen LogP contribution in [0.2, 0.25) is 5.02 Å². The van der Waals surface area contributed by atoms with Crippen molar-refractivity contribution in [3.8, 4) is 0 Å². The van der Waals surface area contributed by atoms with Crippen LogP contribution in [0.25, 0.3) is 0 Å². The first-order valence-corrected chi connectivity index (χ1v) is 5.52. The van der Waals surface area contributed by atoms with Gasteiger partial charge in [0.1, 0.15) is 6.10 Å². The average molecular weight is 257 g/mol. The number of aliphatic hydroxyl groups excluding tert-OH is 1. The Hall–Kier alpha value is -1.30. The molecule has 0 aromatic carbocycles. The number of hydrogen-bond donors (Lipinski definition) is 1. The lowest BCUT2D eigenvalue weighted by atomic mass is 10.1. The van der Waals surface area contributed by atoms with E-state index in [1.165, 1.54) is 18.7 Å². The molecule has 6 heteroatoms. The Morgan fingerprint density at radius 2 is 2.47 bits per heavy atom. The van der Waals surface area contributed by atoms with Gasteiger partial charge in [0.15, 0.2) is 0 Å². The van der Waals surface area contributed by atoms with Crippen molar-refractivity contribution in [1.82, 2.24) is 9.78 Å². The molecule has 2 aromatic heterocycles. The minimum atomic E-state index is -0.847. The lowest BCUT2D eigenvalue weighted by molar-refractivity contribution is 0.171. The van der Waals surface area contributed by atoms with Crippen molar-refractivity contribution in [2.75, 3.05) is 13.7 Å². The number of nitrogens with zero attached hydrogens (tertiary/aromatic N) is 2. The van der Waals surface area contributed by atoms with E-state index in [-0.39, 0.29) is 0 Å². The predicted octanol–water partition coefficient (Wildman–Crippen LogP) is 1.86. The number of furan rings is 1. The average Bonchev–Trinajstić information content (AvgIpc) is 2.95. The highest BCUT2D eigenvalue weighted by Crippen LogP contribution is 2.28. The van der Waals surface area contributed by atoms with Gasteiger partial charge < -0.3 is 14.3 Å². The van der Waals surface area contributed by atoms with Crippen molar-refractivity contribution in [2.45, 2.75) is 12.6 Å². The molecular formula is C11H13ClN2O3. The van der Waals surface area contributed by atoms with Gasteiger partial charge in [0, 0.05) is 12.7 Å². The molecule has 0 saturated heterocycles. The molecule has 2 aromatic rings. The molecule has 0 radical (unpaired) electrons. The molecule has 0 bridgehead atoms. The Bertz CT molecular complexity index is 467. The fraction of sp³-hybridized carbons (Fsp3) is 0.364. The molecule has 0 fully saturated rings. The summed E-state index contributed by atoms with van der Waals surface area (Å²) in [5, 5.41) is 14.7. The number of aliphatic hydroxyl groups is 1. The van der Waals surface area contributed by atoms with Crippen LogP contribution in [0, 0.1) is 0 Å². The molecule has 0 spiro atoms. The van der Waals surface area contributed by atoms with Gasteiger partial charge in [-0.3, -0.25) is 4.68 Å². The van der Waals surface area contributed by atoms with E-state index in [0.717, 1.165) is 0 Å². The Labute approximate surface area is 104 Å². The SMILES string of the molecule is COCCn1ncc(Cl)c1C(O)c1ccoc1. The normalized spacial score (nSPS) is 12.9. The number of rotatable bonds is 5. The summed E-state index contributed by atoms with van der Waals surface area (Å²) in [4.78, 5) is 0. The van der Waals surface area contributed by atoms with Crippen LogP contribution < -0.4 is 0 Å². The molecule has 2 rings (SSSR count). The molecule has 1 unspecified atom stereocenters. The first kappa shape index (κ1) is 12.2. The zero-order valence-electron chi connectivity index (χ0n) is 9.34. The summed E-state index contributed by atoms with van der Waals surface area (Å²) in [6, 6.07) is 1.69. The third-order valence-corrected chi connectivity index (χ3v) is 2.75. The number of hydrogen-bond acceptors (Lipinski definition) is 4. The second kappa shape index (κ2) is 5.35. The summed E-state index contributed by atoms with van der Waals surface area (Å²) < 4.78 is 11.5. The van der Waals surface area contributed by atoms with Gasteiger partial charge in [-0.15, -0.1) is 0 Å². The van der Waals surface area contributed by atoms with Gasteiger partial charge in [-0.2, -0.15) is 5.10 Å². The van der Waals surface area contributed by atoms with Crippen molar-refractivity contribution in [1.29, 1.82) is 0 Å². The molecule has 0 aliphatic rings. The molecule has 0 aliphatic heterocycles. The van der Waals surface area contributed by atoms with Gasteiger partial charge >= 0.3 is 0 Å². The summed E-state index contributed by atoms with van der Waals surface area (Å²) in [7, 11) is 1.61. The van der Waals surface area contributed by atoms with Crippen LogP contribution in [0.5, 0.6) is 0 Å². The molecule has 1 N–H and O–H groups in total. The van der Waals surface area contributed by atoms with Crippen LogP contribution in [-0.4, -0.2) is 28.6 Å². The van der Waals surface area contributed by atoms with Crippen LogP contribution in [0.1, 0.15) is 17.4 Å². The van der Waals surface area contributed by atoms with Crippen molar-refractivity contribution < 1.29 is 14.3 Å². The number of ether oxygens (including phenoxy) is 1. The highest BCUT2D eigenvalue weighted by Gasteiger charge is 2.20. The third kappa shape index (κ3) is 2.52. The van der Waals surface area contributed by atoms with Gasteiger partial charge in [-0.1, -0.05) is 11.6 Å². The van der Waals surface area contributed by atoms with Crippen LogP contribution in [0.4, 0.5) is 0 Å². The molecular weight excluding hydrogens is 244 g/mol. The quantitative estimate of drug-likeness (QED) is 0.887. The van der Waals surface area contributed by atoms with Crippen molar-refractivity contribution >= 4 is 11.6 Å². The topological polar surface area (TPSA) is 60.4 Å².